The Bertz CT molecular complexity index is 630. The van der Waals surface area contributed by atoms with Crippen LogP contribution in [-0.4, -0.2) is 12.6 Å². The predicted molar refractivity (Wildman–Crippen MR) is 90.1 cm³/mol. The summed E-state index contributed by atoms with van der Waals surface area (Å²) < 4.78 is 0. The number of benzene rings is 1. The Morgan fingerprint density at radius 2 is 2.10 bits per heavy atom. The SMILES string of the molecule is CC1c2ccsc2CCN1c1ccccc1CNC1CC1. The molecule has 1 aromatic carbocycles. The van der Waals surface area contributed by atoms with Crippen molar-refractivity contribution in [2.24, 2.45) is 0 Å². The molecule has 21 heavy (non-hydrogen) atoms. The number of nitrogens with zero attached hydrogens (tertiary/aromatic N) is 1. The second-order valence-corrected chi connectivity index (χ2v) is 7.20. The predicted octanol–water partition coefficient (Wildman–Crippen LogP) is 4.12. The summed E-state index contributed by atoms with van der Waals surface area (Å²) in [6.45, 7) is 4.48. The van der Waals surface area contributed by atoms with Crippen molar-refractivity contribution in [3.8, 4) is 0 Å². The summed E-state index contributed by atoms with van der Waals surface area (Å²) in [5.41, 5.74) is 4.38. The van der Waals surface area contributed by atoms with Gasteiger partial charge in [-0.1, -0.05) is 18.2 Å². The molecule has 4 rings (SSSR count). The van der Waals surface area contributed by atoms with E-state index < -0.39 is 0 Å². The van der Waals surface area contributed by atoms with E-state index in [0.29, 0.717) is 6.04 Å². The summed E-state index contributed by atoms with van der Waals surface area (Å²) >= 11 is 1.91. The lowest BCUT2D eigenvalue weighted by atomic mass is 9.99. The third-order valence-corrected chi connectivity index (χ3v) is 5.73. The maximum absolute atomic E-state index is 3.66. The van der Waals surface area contributed by atoms with Crippen LogP contribution in [0.1, 0.15) is 41.8 Å². The van der Waals surface area contributed by atoms with E-state index >= 15 is 0 Å². The van der Waals surface area contributed by atoms with E-state index in [1.165, 1.54) is 36.1 Å². The molecule has 1 aliphatic heterocycles. The number of fused-ring (bicyclic) bond motifs is 1. The van der Waals surface area contributed by atoms with E-state index in [4.69, 9.17) is 0 Å². The van der Waals surface area contributed by atoms with Crippen molar-refractivity contribution < 1.29 is 0 Å². The van der Waals surface area contributed by atoms with Gasteiger partial charge < -0.3 is 10.2 Å². The number of hydrogen-bond donors (Lipinski definition) is 1. The van der Waals surface area contributed by atoms with Gasteiger partial charge in [-0.05, 0) is 54.8 Å². The highest BCUT2D eigenvalue weighted by molar-refractivity contribution is 7.10. The molecule has 2 nitrogen and oxygen atoms in total. The van der Waals surface area contributed by atoms with Gasteiger partial charge in [-0.25, -0.2) is 0 Å². The van der Waals surface area contributed by atoms with Crippen molar-refractivity contribution in [3.05, 3.63) is 51.7 Å². The van der Waals surface area contributed by atoms with Crippen molar-refractivity contribution in [2.75, 3.05) is 11.4 Å². The second-order valence-electron chi connectivity index (χ2n) is 6.20. The first-order valence-corrected chi connectivity index (χ1v) is 8.85. The normalized spacial score (nSPS) is 21.4. The summed E-state index contributed by atoms with van der Waals surface area (Å²) in [4.78, 5) is 4.16. The average molecular weight is 298 g/mol. The summed E-state index contributed by atoms with van der Waals surface area (Å²) in [6.07, 6.45) is 3.88. The molecule has 2 aliphatic rings. The van der Waals surface area contributed by atoms with Crippen LogP contribution in [0.2, 0.25) is 0 Å². The van der Waals surface area contributed by atoms with Crippen molar-refractivity contribution in [1.29, 1.82) is 0 Å². The molecule has 0 spiro atoms. The van der Waals surface area contributed by atoms with Crippen molar-refractivity contribution in [3.63, 3.8) is 0 Å². The van der Waals surface area contributed by atoms with E-state index in [2.05, 4.69) is 52.9 Å². The van der Waals surface area contributed by atoms with E-state index in [0.717, 1.165) is 19.1 Å². The van der Waals surface area contributed by atoms with Gasteiger partial charge in [-0.3, -0.25) is 0 Å². The minimum Gasteiger partial charge on any atom is -0.364 e. The zero-order valence-electron chi connectivity index (χ0n) is 12.5. The first-order chi connectivity index (χ1) is 10.3. The Hall–Kier alpha value is -1.32. The van der Waals surface area contributed by atoms with Gasteiger partial charge in [0.25, 0.3) is 0 Å². The molecule has 3 heteroatoms. The Balaban J connectivity index is 1.60. The van der Waals surface area contributed by atoms with E-state index in [1.54, 1.807) is 4.88 Å². The molecule has 1 fully saturated rings. The van der Waals surface area contributed by atoms with Crippen LogP contribution in [0.4, 0.5) is 5.69 Å². The number of rotatable bonds is 4. The standard InChI is InChI=1S/C18H22N2S/c1-13-16-9-11-21-18(16)8-10-20(13)17-5-3-2-4-14(17)12-19-15-6-7-15/h2-5,9,11,13,15,19H,6-8,10,12H2,1H3. The molecule has 2 heterocycles. The highest BCUT2D eigenvalue weighted by Gasteiger charge is 2.26. The lowest BCUT2D eigenvalue weighted by Gasteiger charge is -2.37. The summed E-state index contributed by atoms with van der Waals surface area (Å²) in [5.74, 6) is 0. The lowest BCUT2D eigenvalue weighted by molar-refractivity contribution is 0.622. The van der Waals surface area contributed by atoms with Crippen LogP contribution in [0.15, 0.2) is 35.7 Å². The highest BCUT2D eigenvalue weighted by atomic mass is 32.1. The molecular formula is C18H22N2S. The van der Waals surface area contributed by atoms with E-state index in [1.807, 2.05) is 11.3 Å². The molecule has 0 amide bonds. The van der Waals surface area contributed by atoms with Crippen LogP contribution in [-0.2, 0) is 13.0 Å². The fourth-order valence-corrected chi connectivity index (χ4v) is 4.28. The third kappa shape index (κ3) is 2.60. The molecule has 0 bridgehead atoms. The van der Waals surface area contributed by atoms with Gasteiger partial charge in [0.2, 0.25) is 0 Å². The van der Waals surface area contributed by atoms with Crippen LogP contribution in [0.5, 0.6) is 0 Å². The fraction of sp³-hybridized carbons (Fsp3) is 0.444. The van der Waals surface area contributed by atoms with E-state index in [-0.39, 0.29) is 0 Å². The third-order valence-electron chi connectivity index (χ3n) is 4.74. The number of hydrogen-bond acceptors (Lipinski definition) is 3. The van der Waals surface area contributed by atoms with Gasteiger partial charge in [-0.2, -0.15) is 0 Å². The quantitative estimate of drug-likeness (QED) is 0.913. The van der Waals surface area contributed by atoms with Crippen LogP contribution in [0.25, 0.3) is 0 Å². The zero-order valence-corrected chi connectivity index (χ0v) is 13.3. The first-order valence-electron chi connectivity index (χ1n) is 7.97. The molecule has 1 N–H and O–H groups in total. The molecule has 0 saturated heterocycles. The average Bonchev–Trinajstić information content (AvgIpc) is 3.21. The first kappa shape index (κ1) is 13.4. The molecule has 1 unspecified atom stereocenters. The van der Waals surface area contributed by atoms with Gasteiger partial charge >= 0.3 is 0 Å². The lowest BCUT2D eigenvalue weighted by Crippen LogP contribution is -2.34. The molecule has 1 aromatic heterocycles. The monoisotopic (exact) mass is 298 g/mol. The Kier molecular flexibility index (Phi) is 3.48. The van der Waals surface area contributed by atoms with Crippen LogP contribution < -0.4 is 10.2 Å². The van der Waals surface area contributed by atoms with Crippen LogP contribution >= 0.6 is 11.3 Å². The van der Waals surface area contributed by atoms with Gasteiger partial charge in [0.15, 0.2) is 0 Å². The van der Waals surface area contributed by atoms with Crippen molar-refractivity contribution in [2.45, 2.75) is 44.8 Å². The number of thiophene rings is 1. The Morgan fingerprint density at radius 3 is 2.95 bits per heavy atom. The van der Waals surface area contributed by atoms with E-state index in [9.17, 15) is 0 Å². The molecule has 0 radical (unpaired) electrons. The fourth-order valence-electron chi connectivity index (χ4n) is 3.32. The molecule has 1 saturated carbocycles. The minimum absolute atomic E-state index is 0.488. The number of nitrogens with one attached hydrogen (secondary N) is 1. The van der Waals surface area contributed by atoms with Crippen LogP contribution in [0, 0.1) is 0 Å². The topological polar surface area (TPSA) is 15.3 Å². The summed E-state index contributed by atoms with van der Waals surface area (Å²) in [7, 11) is 0. The Morgan fingerprint density at radius 1 is 1.24 bits per heavy atom. The Labute approximate surface area is 130 Å². The van der Waals surface area contributed by atoms with Gasteiger partial charge in [0.05, 0.1) is 6.04 Å². The summed E-state index contributed by atoms with van der Waals surface area (Å²) in [5, 5.41) is 5.90. The maximum Gasteiger partial charge on any atom is 0.0525 e. The van der Waals surface area contributed by atoms with Crippen LogP contribution in [0.3, 0.4) is 0 Å². The largest absolute Gasteiger partial charge is 0.364 e. The van der Waals surface area contributed by atoms with Gasteiger partial charge in [-0.15, -0.1) is 11.3 Å². The van der Waals surface area contributed by atoms with Crippen molar-refractivity contribution in [1.82, 2.24) is 5.32 Å². The number of anilines is 1. The van der Waals surface area contributed by atoms with Gasteiger partial charge in [0.1, 0.15) is 0 Å². The molecule has 2 aromatic rings. The molecule has 1 aliphatic carbocycles. The second kappa shape index (κ2) is 5.47. The zero-order chi connectivity index (χ0) is 14.2. The number of para-hydroxylation sites is 1. The summed E-state index contributed by atoms with van der Waals surface area (Å²) in [6, 6.07) is 12.5. The van der Waals surface area contributed by atoms with Crippen molar-refractivity contribution >= 4 is 17.0 Å². The molecule has 1 atom stereocenters. The molecule has 110 valence electrons. The smallest absolute Gasteiger partial charge is 0.0525 e. The molecular weight excluding hydrogens is 276 g/mol. The minimum atomic E-state index is 0.488. The highest BCUT2D eigenvalue weighted by Crippen LogP contribution is 2.37. The van der Waals surface area contributed by atoms with Gasteiger partial charge in [0, 0.05) is 29.7 Å². The maximum atomic E-state index is 3.66.